The van der Waals surface area contributed by atoms with Gasteiger partial charge in [0.1, 0.15) is 17.6 Å². The van der Waals surface area contributed by atoms with Gasteiger partial charge in [-0.3, -0.25) is 4.79 Å². The van der Waals surface area contributed by atoms with Crippen LogP contribution in [0.2, 0.25) is 5.02 Å². The summed E-state index contributed by atoms with van der Waals surface area (Å²) < 4.78 is 6.18. The van der Waals surface area contributed by atoms with Crippen LogP contribution >= 0.6 is 11.6 Å². The number of rotatable bonds is 6. The molecule has 8 atom stereocenters. The van der Waals surface area contributed by atoms with Crippen molar-refractivity contribution in [1.29, 1.82) is 0 Å². The van der Waals surface area contributed by atoms with Gasteiger partial charge < -0.3 is 9.84 Å². The molecule has 4 aliphatic carbocycles. The minimum absolute atomic E-state index is 0.0495. The van der Waals surface area contributed by atoms with E-state index in [0.29, 0.717) is 28.7 Å². The highest BCUT2D eigenvalue weighted by atomic mass is 35.5. The van der Waals surface area contributed by atoms with Crippen molar-refractivity contribution in [3.05, 3.63) is 23.2 Å². The first-order chi connectivity index (χ1) is 17.6. The minimum atomic E-state index is -0.544. The van der Waals surface area contributed by atoms with E-state index < -0.39 is 5.60 Å². The van der Waals surface area contributed by atoms with Crippen molar-refractivity contribution in [2.75, 3.05) is 13.2 Å². The van der Waals surface area contributed by atoms with E-state index in [0.717, 1.165) is 62.8 Å². The van der Waals surface area contributed by atoms with Crippen LogP contribution in [0.25, 0.3) is 11.0 Å². The minimum Gasteiger partial charge on any atom is -0.390 e. The van der Waals surface area contributed by atoms with Crippen LogP contribution in [0, 0.1) is 40.4 Å². The third-order valence-electron chi connectivity index (χ3n) is 11.3. The van der Waals surface area contributed by atoms with Gasteiger partial charge in [0.05, 0.1) is 12.2 Å². The largest absolute Gasteiger partial charge is 0.390 e. The second-order valence-corrected chi connectivity index (χ2v) is 13.7. The predicted octanol–water partition coefficient (Wildman–Crippen LogP) is 6.08. The van der Waals surface area contributed by atoms with E-state index in [2.05, 4.69) is 24.0 Å². The molecule has 7 heteroatoms. The smallest absolute Gasteiger partial charge is 0.159 e. The standard InChI is InChI=1S/C30H42ClN3O3/c1-4-37-18-30-14-13-28(2,36)16-19(30)5-7-21-22-8-9-24(29(22,3)12-11-23(21)30)27(35)17-34-32-25-10-6-20(31)15-26(25)33-34/h6,10,15,19,21-24,36H,4-5,7-9,11-14,16-18H2,1-3H3/t19-,21?,22-,23-,24?,28+,29?,30?/m0/s1. The molecule has 37 heavy (non-hydrogen) atoms. The molecule has 0 aliphatic heterocycles. The molecular formula is C30H42ClN3O3. The van der Waals surface area contributed by atoms with Crippen LogP contribution in [0.3, 0.4) is 0 Å². The van der Waals surface area contributed by atoms with E-state index in [9.17, 15) is 9.90 Å². The number of aliphatic hydroxyl groups is 1. The molecule has 0 radical (unpaired) electrons. The van der Waals surface area contributed by atoms with E-state index in [1.54, 1.807) is 10.9 Å². The molecule has 1 aromatic carbocycles. The Bertz CT molecular complexity index is 1180. The molecule has 6 rings (SSSR count). The summed E-state index contributed by atoms with van der Waals surface area (Å²) in [5.41, 5.74) is 1.20. The Morgan fingerprint density at radius 1 is 1.08 bits per heavy atom. The zero-order valence-corrected chi connectivity index (χ0v) is 23.3. The average molecular weight is 528 g/mol. The predicted molar refractivity (Wildman–Crippen MR) is 144 cm³/mol. The van der Waals surface area contributed by atoms with Crippen LogP contribution in [-0.2, 0) is 16.1 Å². The van der Waals surface area contributed by atoms with Crippen molar-refractivity contribution >= 4 is 28.4 Å². The number of fused-ring (bicyclic) bond motifs is 6. The fourth-order valence-electron chi connectivity index (χ4n) is 9.59. The van der Waals surface area contributed by atoms with E-state index in [1.807, 2.05) is 19.1 Å². The molecule has 1 N–H and O–H groups in total. The number of Topliss-reactive ketones (excluding diaryl/α,β-unsaturated/α-hetero) is 1. The van der Waals surface area contributed by atoms with Gasteiger partial charge in [0, 0.05) is 17.5 Å². The molecule has 1 aromatic heterocycles. The molecule has 202 valence electrons. The van der Waals surface area contributed by atoms with Gasteiger partial charge in [-0.05, 0) is 124 Å². The Hall–Kier alpha value is -1.50. The molecule has 4 saturated carbocycles. The number of ketones is 1. The lowest BCUT2D eigenvalue weighted by Gasteiger charge is -2.62. The first-order valence-electron chi connectivity index (χ1n) is 14.5. The molecule has 4 fully saturated rings. The lowest BCUT2D eigenvalue weighted by Crippen LogP contribution is -2.58. The van der Waals surface area contributed by atoms with Gasteiger partial charge in [-0.25, -0.2) is 0 Å². The lowest BCUT2D eigenvalue weighted by atomic mass is 9.43. The van der Waals surface area contributed by atoms with Gasteiger partial charge in [0.2, 0.25) is 0 Å². The highest BCUT2D eigenvalue weighted by molar-refractivity contribution is 6.31. The van der Waals surface area contributed by atoms with Crippen molar-refractivity contribution in [3.63, 3.8) is 0 Å². The monoisotopic (exact) mass is 527 g/mol. The maximum Gasteiger partial charge on any atom is 0.159 e. The van der Waals surface area contributed by atoms with Gasteiger partial charge in [-0.15, -0.1) is 0 Å². The normalized spacial score (nSPS) is 41.3. The summed E-state index contributed by atoms with van der Waals surface area (Å²) in [5, 5.41) is 20.6. The zero-order chi connectivity index (χ0) is 26.0. The molecule has 4 aliphatic rings. The van der Waals surface area contributed by atoms with Crippen molar-refractivity contribution in [2.45, 2.75) is 90.7 Å². The SMILES string of the molecule is CCOCC12CC[C@@](C)(O)C[C@@H]1CCC1[C@@H]3CCC(C(=O)Cn4nc5ccc(Cl)cc5n4)C3(C)CC[C@@H]12. The summed E-state index contributed by atoms with van der Waals surface area (Å²) in [6, 6.07) is 5.48. The molecule has 2 aromatic rings. The summed E-state index contributed by atoms with van der Waals surface area (Å²) in [4.78, 5) is 15.3. The number of benzene rings is 1. The maximum atomic E-state index is 13.7. The average Bonchev–Trinajstić information content (AvgIpc) is 3.41. The van der Waals surface area contributed by atoms with E-state index in [-0.39, 0.29) is 29.1 Å². The van der Waals surface area contributed by atoms with Crippen LogP contribution in [0.4, 0.5) is 0 Å². The molecule has 6 nitrogen and oxygen atoms in total. The number of hydrogen-bond acceptors (Lipinski definition) is 5. The van der Waals surface area contributed by atoms with Crippen molar-refractivity contribution in [2.24, 2.45) is 40.4 Å². The van der Waals surface area contributed by atoms with Gasteiger partial charge in [0.15, 0.2) is 5.78 Å². The van der Waals surface area contributed by atoms with Crippen LogP contribution in [0.5, 0.6) is 0 Å². The maximum absolute atomic E-state index is 13.7. The Labute approximate surface area is 225 Å². The fraction of sp³-hybridized carbons (Fsp3) is 0.767. The van der Waals surface area contributed by atoms with Crippen molar-refractivity contribution < 1.29 is 14.6 Å². The van der Waals surface area contributed by atoms with E-state index >= 15 is 0 Å². The van der Waals surface area contributed by atoms with Crippen molar-refractivity contribution in [1.82, 2.24) is 15.0 Å². The molecule has 0 spiro atoms. The summed E-state index contributed by atoms with van der Waals surface area (Å²) in [7, 11) is 0. The summed E-state index contributed by atoms with van der Waals surface area (Å²) in [5.74, 6) is 2.78. The topological polar surface area (TPSA) is 77.2 Å². The van der Waals surface area contributed by atoms with Crippen LogP contribution < -0.4 is 0 Å². The van der Waals surface area contributed by atoms with E-state index in [1.165, 1.54) is 19.3 Å². The first kappa shape index (κ1) is 25.8. The Balaban J connectivity index is 1.22. The van der Waals surface area contributed by atoms with Gasteiger partial charge in [-0.2, -0.15) is 15.0 Å². The van der Waals surface area contributed by atoms with E-state index in [4.69, 9.17) is 16.3 Å². The Kier molecular flexibility index (Phi) is 6.48. The highest BCUT2D eigenvalue weighted by Gasteiger charge is 2.63. The summed E-state index contributed by atoms with van der Waals surface area (Å²) >= 11 is 6.12. The molecular weight excluding hydrogens is 486 g/mol. The zero-order valence-electron chi connectivity index (χ0n) is 22.6. The van der Waals surface area contributed by atoms with Gasteiger partial charge in [-0.1, -0.05) is 18.5 Å². The summed E-state index contributed by atoms with van der Waals surface area (Å²) in [6.45, 7) is 8.35. The van der Waals surface area contributed by atoms with Gasteiger partial charge >= 0.3 is 0 Å². The van der Waals surface area contributed by atoms with Gasteiger partial charge in [0.25, 0.3) is 0 Å². The molecule has 0 bridgehead atoms. The number of aromatic nitrogens is 3. The van der Waals surface area contributed by atoms with Crippen LogP contribution in [0.1, 0.15) is 78.6 Å². The van der Waals surface area contributed by atoms with Crippen molar-refractivity contribution in [3.8, 4) is 0 Å². The second kappa shape index (κ2) is 9.31. The molecule has 1 heterocycles. The third kappa shape index (κ3) is 4.26. The molecule has 4 unspecified atom stereocenters. The number of ether oxygens (including phenoxy) is 1. The highest BCUT2D eigenvalue weighted by Crippen LogP contribution is 2.68. The second-order valence-electron chi connectivity index (χ2n) is 13.2. The number of nitrogens with zero attached hydrogens (tertiary/aromatic N) is 3. The molecule has 0 amide bonds. The first-order valence-corrected chi connectivity index (χ1v) is 14.9. The summed E-state index contributed by atoms with van der Waals surface area (Å²) in [6.07, 6.45) is 9.67. The number of carbonyl (C=O) groups excluding carboxylic acids is 1. The lowest BCUT2D eigenvalue weighted by molar-refractivity contribution is -0.178. The quantitative estimate of drug-likeness (QED) is 0.492. The number of carbonyl (C=O) groups is 1. The fourth-order valence-corrected chi connectivity index (χ4v) is 9.75. The Morgan fingerprint density at radius 2 is 1.89 bits per heavy atom. The third-order valence-corrected chi connectivity index (χ3v) is 11.5. The number of hydrogen-bond donors (Lipinski definition) is 1. The van der Waals surface area contributed by atoms with Crippen LogP contribution in [-0.4, -0.2) is 44.7 Å². The Morgan fingerprint density at radius 3 is 2.70 bits per heavy atom. The van der Waals surface area contributed by atoms with Crippen LogP contribution in [0.15, 0.2) is 18.2 Å². The molecule has 0 saturated heterocycles. The number of halogens is 1.